The molecule has 154 valence electrons. The summed E-state index contributed by atoms with van der Waals surface area (Å²) in [6, 6.07) is 12.3. The number of para-hydroxylation sites is 1. The highest BCUT2D eigenvalue weighted by atomic mass is 32.1. The van der Waals surface area contributed by atoms with Gasteiger partial charge in [0.25, 0.3) is 0 Å². The Hall–Kier alpha value is -2.36. The van der Waals surface area contributed by atoms with Gasteiger partial charge < -0.3 is 4.90 Å². The molecule has 30 heavy (non-hydrogen) atoms. The second kappa shape index (κ2) is 8.41. The van der Waals surface area contributed by atoms with E-state index in [0.29, 0.717) is 23.7 Å². The first kappa shape index (κ1) is 19.6. The van der Waals surface area contributed by atoms with Crippen molar-refractivity contribution in [3.8, 4) is 10.7 Å². The zero-order valence-electron chi connectivity index (χ0n) is 16.3. The predicted octanol–water partition coefficient (Wildman–Crippen LogP) is 5.08. The quantitative estimate of drug-likeness (QED) is 0.427. The Balaban J connectivity index is 1.20. The Bertz CT molecular complexity index is 1180. The molecular formula is C21H21N5OS3. The molecule has 3 aromatic heterocycles. The van der Waals surface area contributed by atoms with Gasteiger partial charge in [0, 0.05) is 32.0 Å². The van der Waals surface area contributed by atoms with Crippen molar-refractivity contribution >= 4 is 51.0 Å². The largest absolute Gasteiger partial charge is 0.343 e. The van der Waals surface area contributed by atoms with E-state index in [1.807, 2.05) is 33.0 Å². The first-order valence-corrected chi connectivity index (χ1v) is 12.1. The number of likely N-dealkylation sites (tertiary alicyclic amines) is 1. The van der Waals surface area contributed by atoms with Gasteiger partial charge in [-0.15, -0.1) is 22.7 Å². The van der Waals surface area contributed by atoms with Crippen LogP contribution in [0.5, 0.6) is 0 Å². The molecule has 0 bridgehead atoms. The van der Waals surface area contributed by atoms with Crippen LogP contribution in [0.25, 0.3) is 20.9 Å². The van der Waals surface area contributed by atoms with Crippen LogP contribution in [0.4, 0.5) is 0 Å². The van der Waals surface area contributed by atoms with Crippen LogP contribution in [-0.4, -0.2) is 43.6 Å². The number of thiophene rings is 1. The van der Waals surface area contributed by atoms with E-state index >= 15 is 0 Å². The van der Waals surface area contributed by atoms with Crippen molar-refractivity contribution in [3.05, 3.63) is 51.6 Å². The monoisotopic (exact) mass is 455 g/mol. The summed E-state index contributed by atoms with van der Waals surface area (Å²) in [7, 11) is 0. The van der Waals surface area contributed by atoms with Crippen molar-refractivity contribution in [2.75, 3.05) is 13.1 Å². The fraction of sp³-hybridized carbons (Fsp3) is 0.333. The van der Waals surface area contributed by atoms with Gasteiger partial charge in [0.15, 0.2) is 10.6 Å². The lowest BCUT2D eigenvalue weighted by Gasteiger charge is -2.31. The number of benzene rings is 1. The number of amides is 1. The van der Waals surface area contributed by atoms with Crippen LogP contribution in [0.15, 0.2) is 41.8 Å². The lowest BCUT2D eigenvalue weighted by atomic mass is 9.97. The van der Waals surface area contributed by atoms with Crippen molar-refractivity contribution in [1.29, 1.82) is 0 Å². The third-order valence-corrected chi connectivity index (χ3v) is 7.93. The Kier molecular flexibility index (Phi) is 5.49. The molecule has 1 N–H and O–H groups in total. The van der Waals surface area contributed by atoms with E-state index in [2.05, 4.69) is 28.4 Å². The molecule has 1 saturated heterocycles. The Morgan fingerprint density at radius 1 is 1.20 bits per heavy atom. The van der Waals surface area contributed by atoms with Crippen LogP contribution in [0.2, 0.25) is 0 Å². The third kappa shape index (κ3) is 3.84. The van der Waals surface area contributed by atoms with Crippen LogP contribution in [0.3, 0.4) is 0 Å². The Morgan fingerprint density at radius 2 is 2.03 bits per heavy atom. The molecule has 5 rings (SSSR count). The number of nitrogens with zero attached hydrogens (tertiary/aromatic N) is 4. The van der Waals surface area contributed by atoms with Crippen molar-refractivity contribution in [2.24, 2.45) is 0 Å². The number of aromatic nitrogens is 4. The zero-order valence-corrected chi connectivity index (χ0v) is 18.7. The van der Waals surface area contributed by atoms with E-state index in [-0.39, 0.29) is 5.91 Å². The van der Waals surface area contributed by atoms with Gasteiger partial charge in [0.1, 0.15) is 0 Å². The van der Waals surface area contributed by atoms with Gasteiger partial charge in [-0.3, -0.25) is 14.5 Å². The molecule has 1 fully saturated rings. The molecule has 1 aromatic carbocycles. The van der Waals surface area contributed by atoms with Crippen molar-refractivity contribution in [3.63, 3.8) is 0 Å². The van der Waals surface area contributed by atoms with Crippen LogP contribution >= 0.6 is 34.9 Å². The van der Waals surface area contributed by atoms with E-state index in [1.165, 1.54) is 9.71 Å². The molecular weight excluding hydrogens is 434 g/mol. The first-order chi connectivity index (χ1) is 14.7. The number of rotatable bonds is 5. The highest BCUT2D eigenvalue weighted by Gasteiger charge is 2.26. The second-order valence-corrected chi connectivity index (χ2v) is 9.80. The molecule has 0 aliphatic carbocycles. The van der Waals surface area contributed by atoms with Crippen molar-refractivity contribution in [1.82, 2.24) is 24.6 Å². The number of aromatic amines is 1. The summed E-state index contributed by atoms with van der Waals surface area (Å²) < 4.78 is 3.72. The summed E-state index contributed by atoms with van der Waals surface area (Å²) >= 11 is 8.77. The minimum atomic E-state index is 0.179. The van der Waals surface area contributed by atoms with E-state index in [1.54, 1.807) is 22.7 Å². The van der Waals surface area contributed by atoms with Gasteiger partial charge in [-0.25, -0.2) is 4.98 Å². The molecule has 0 unspecified atom stereocenters. The van der Waals surface area contributed by atoms with Crippen LogP contribution in [-0.2, 0) is 11.3 Å². The fourth-order valence-electron chi connectivity index (χ4n) is 3.93. The summed E-state index contributed by atoms with van der Waals surface area (Å²) in [5, 5.41) is 10.4. The van der Waals surface area contributed by atoms with Gasteiger partial charge in [-0.1, -0.05) is 18.2 Å². The summed E-state index contributed by atoms with van der Waals surface area (Å²) in [5.41, 5.74) is 1.08. The third-order valence-electron chi connectivity index (χ3n) is 5.56. The number of H-pyrrole nitrogens is 1. The number of hydrogen-bond acceptors (Lipinski definition) is 6. The summed E-state index contributed by atoms with van der Waals surface area (Å²) in [6.07, 6.45) is 2.37. The Labute approximate surface area is 187 Å². The number of piperidine rings is 1. The molecule has 6 nitrogen and oxygen atoms in total. The number of thiazole rings is 1. The highest BCUT2D eigenvalue weighted by Crippen LogP contribution is 2.34. The van der Waals surface area contributed by atoms with Gasteiger partial charge in [0.2, 0.25) is 5.91 Å². The van der Waals surface area contributed by atoms with Crippen LogP contribution in [0.1, 0.15) is 30.2 Å². The summed E-state index contributed by atoms with van der Waals surface area (Å²) in [4.78, 5) is 20.7. The SMILES string of the molecule is O=C(CCn1c(-c2cccs2)n[nH]c1=S)N1CCC(c2nc3ccccc3s2)CC1. The summed E-state index contributed by atoms with van der Waals surface area (Å²) in [6.45, 7) is 2.11. The van der Waals surface area contributed by atoms with Gasteiger partial charge in [-0.2, -0.15) is 5.10 Å². The number of nitrogens with one attached hydrogen (secondary N) is 1. The fourth-order valence-corrected chi connectivity index (χ4v) is 6.01. The smallest absolute Gasteiger partial charge is 0.224 e. The zero-order chi connectivity index (χ0) is 20.5. The second-order valence-electron chi connectivity index (χ2n) is 7.41. The molecule has 0 radical (unpaired) electrons. The standard InChI is InChI=1S/C21H21N5OS3/c27-18(9-12-26-19(23-24-21(26)28)17-6-3-13-29-17)25-10-7-14(8-11-25)20-22-15-4-1-2-5-16(15)30-20/h1-6,13-14H,7-12H2,(H,24,28). The van der Waals surface area contributed by atoms with E-state index in [0.717, 1.165) is 42.1 Å². The van der Waals surface area contributed by atoms with Gasteiger partial charge in [0.05, 0.1) is 20.1 Å². The lowest BCUT2D eigenvalue weighted by molar-refractivity contribution is -0.132. The van der Waals surface area contributed by atoms with Gasteiger partial charge in [-0.05, 0) is 48.6 Å². The number of hydrogen-bond donors (Lipinski definition) is 1. The number of carbonyl (C=O) groups is 1. The molecule has 1 aliphatic rings. The molecule has 1 aliphatic heterocycles. The van der Waals surface area contributed by atoms with E-state index in [4.69, 9.17) is 17.2 Å². The molecule has 0 atom stereocenters. The molecule has 9 heteroatoms. The highest BCUT2D eigenvalue weighted by molar-refractivity contribution is 7.71. The average molecular weight is 456 g/mol. The first-order valence-electron chi connectivity index (χ1n) is 10.0. The minimum absolute atomic E-state index is 0.179. The lowest BCUT2D eigenvalue weighted by Crippen LogP contribution is -2.38. The molecule has 1 amide bonds. The normalized spacial score (nSPS) is 15.1. The van der Waals surface area contributed by atoms with Crippen molar-refractivity contribution < 1.29 is 4.79 Å². The van der Waals surface area contributed by atoms with Gasteiger partial charge >= 0.3 is 0 Å². The maximum Gasteiger partial charge on any atom is 0.224 e. The topological polar surface area (TPSA) is 66.8 Å². The predicted molar refractivity (Wildman–Crippen MR) is 124 cm³/mol. The summed E-state index contributed by atoms with van der Waals surface area (Å²) in [5.74, 6) is 1.43. The van der Waals surface area contributed by atoms with Crippen LogP contribution < -0.4 is 0 Å². The maximum atomic E-state index is 12.8. The number of fused-ring (bicyclic) bond motifs is 1. The van der Waals surface area contributed by atoms with Crippen molar-refractivity contribution in [2.45, 2.75) is 31.7 Å². The van der Waals surface area contributed by atoms with E-state index in [9.17, 15) is 4.79 Å². The number of carbonyl (C=O) groups excluding carboxylic acids is 1. The average Bonchev–Trinajstić information content (AvgIpc) is 3.51. The Morgan fingerprint density at radius 3 is 2.80 bits per heavy atom. The minimum Gasteiger partial charge on any atom is -0.343 e. The molecule has 4 aromatic rings. The molecule has 4 heterocycles. The maximum absolute atomic E-state index is 12.8. The van der Waals surface area contributed by atoms with E-state index < -0.39 is 0 Å². The molecule has 0 saturated carbocycles. The molecule has 0 spiro atoms. The van der Waals surface area contributed by atoms with Crippen LogP contribution in [0, 0.1) is 4.77 Å².